The maximum absolute atomic E-state index is 11.6. The normalized spacial score (nSPS) is 14.0. The molecule has 3 nitrogen and oxygen atoms in total. The van der Waals surface area contributed by atoms with E-state index in [2.05, 4.69) is 0 Å². The van der Waals surface area contributed by atoms with Crippen molar-refractivity contribution in [2.75, 3.05) is 6.66 Å². The molecule has 0 aliphatic carbocycles. The van der Waals surface area contributed by atoms with Crippen LogP contribution in [0.15, 0.2) is 30.3 Å². The maximum atomic E-state index is 11.6. The van der Waals surface area contributed by atoms with Gasteiger partial charge in [-0.05, 0) is 46.4 Å². The second kappa shape index (κ2) is 7.49. The molecule has 0 saturated carbocycles. The van der Waals surface area contributed by atoms with E-state index in [0.717, 1.165) is 16.7 Å². The van der Waals surface area contributed by atoms with Gasteiger partial charge in [-0.1, -0.05) is 49.2 Å². The van der Waals surface area contributed by atoms with Gasteiger partial charge in [0, 0.05) is 29.3 Å². The molecule has 0 radical (unpaired) electrons. The molecule has 130 valence electrons. The molecule has 0 heterocycles. The first kappa shape index (κ1) is 19.3. The van der Waals surface area contributed by atoms with Crippen LogP contribution >= 0.6 is 30.6 Å². The minimum Gasteiger partial charge on any atom is -0.508 e. The monoisotopic (exact) mass is 386 g/mol. The van der Waals surface area contributed by atoms with E-state index in [1.54, 1.807) is 18.2 Å². The van der Waals surface area contributed by atoms with Crippen LogP contribution in [0.25, 0.3) is 0 Å². The quantitative estimate of drug-likeness (QED) is 0.637. The summed E-state index contributed by atoms with van der Waals surface area (Å²) in [4.78, 5) is 9.51. The summed E-state index contributed by atoms with van der Waals surface area (Å²) < 4.78 is 11.6. The number of benzene rings is 2. The molecule has 0 aliphatic heterocycles. The van der Waals surface area contributed by atoms with E-state index >= 15 is 0 Å². The average molecular weight is 387 g/mol. The number of hydrogen-bond donors (Lipinski definition) is 2. The maximum Gasteiger partial charge on any atom is 0.201 e. The molecule has 0 amide bonds. The molecule has 0 aromatic heterocycles. The van der Waals surface area contributed by atoms with Gasteiger partial charge >= 0.3 is 0 Å². The van der Waals surface area contributed by atoms with Crippen LogP contribution < -0.4 is 0 Å². The fraction of sp³-hybridized carbons (Fsp3) is 0.333. The third-order valence-electron chi connectivity index (χ3n) is 3.77. The van der Waals surface area contributed by atoms with Gasteiger partial charge in [-0.25, -0.2) is 0 Å². The Labute approximate surface area is 152 Å². The van der Waals surface area contributed by atoms with Gasteiger partial charge in [-0.15, -0.1) is 0 Å². The Morgan fingerprint density at radius 3 is 2.17 bits per heavy atom. The van der Waals surface area contributed by atoms with Crippen molar-refractivity contribution < 1.29 is 14.6 Å². The molecule has 0 fully saturated rings. The van der Waals surface area contributed by atoms with Crippen molar-refractivity contribution >= 4 is 30.6 Å². The molecule has 0 aliphatic rings. The summed E-state index contributed by atoms with van der Waals surface area (Å²) in [5.41, 5.74) is 3.29. The molecule has 2 aromatic carbocycles. The van der Waals surface area contributed by atoms with Crippen LogP contribution in [0.4, 0.5) is 0 Å². The van der Waals surface area contributed by atoms with Crippen molar-refractivity contribution in [2.45, 2.75) is 32.3 Å². The predicted octanol–water partition coefficient (Wildman–Crippen LogP) is 5.81. The molecule has 0 spiro atoms. The predicted molar refractivity (Wildman–Crippen MR) is 101 cm³/mol. The highest BCUT2D eigenvalue weighted by Crippen LogP contribution is 2.41. The molecule has 24 heavy (non-hydrogen) atoms. The van der Waals surface area contributed by atoms with E-state index in [1.165, 1.54) is 6.66 Å². The summed E-state index contributed by atoms with van der Waals surface area (Å²) >= 11 is 12.7. The van der Waals surface area contributed by atoms with E-state index in [-0.39, 0.29) is 17.8 Å². The van der Waals surface area contributed by atoms with Gasteiger partial charge in [0.1, 0.15) is 5.75 Å². The van der Waals surface area contributed by atoms with Gasteiger partial charge in [0.15, 0.2) is 0 Å². The summed E-state index contributed by atoms with van der Waals surface area (Å²) in [6.07, 6.45) is 0.574. The highest BCUT2D eigenvalue weighted by molar-refractivity contribution is 7.56. The summed E-state index contributed by atoms with van der Waals surface area (Å²) in [6.45, 7) is 5.35. The largest absolute Gasteiger partial charge is 0.508 e. The second-order valence-corrected chi connectivity index (χ2v) is 9.70. The molecule has 0 bridgehead atoms. The van der Waals surface area contributed by atoms with Gasteiger partial charge in [-0.2, -0.15) is 0 Å². The molecular weight excluding hydrogens is 366 g/mol. The summed E-state index contributed by atoms with van der Waals surface area (Å²) in [6, 6.07) is 8.86. The van der Waals surface area contributed by atoms with Gasteiger partial charge < -0.3 is 10.00 Å². The lowest BCUT2D eigenvalue weighted by Crippen LogP contribution is -1.96. The fourth-order valence-corrected chi connectivity index (χ4v) is 4.16. The third-order valence-corrected chi connectivity index (χ3v) is 5.40. The Balaban J connectivity index is 2.34. The van der Waals surface area contributed by atoms with Crippen molar-refractivity contribution in [3.8, 4) is 5.75 Å². The zero-order valence-corrected chi connectivity index (χ0v) is 16.3. The Bertz CT molecular complexity index is 774. The molecule has 2 aromatic rings. The highest BCUT2D eigenvalue weighted by atomic mass is 35.5. The van der Waals surface area contributed by atoms with Crippen LogP contribution in [0, 0.1) is 0 Å². The van der Waals surface area contributed by atoms with Crippen molar-refractivity contribution in [2.24, 2.45) is 0 Å². The van der Waals surface area contributed by atoms with Crippen molar-refractivity contribution in [1.29, 1.82) is 0 Å². The van der Waals surface area contributed by atoms with Crippen LogP contribution in [-0.2, 0) is 17.1 Å². The number of hydrogen-bond acceptors (Lipinski definition) is 2. The van der Waals surface area contributed by atoms with Crippen LogP contribution in [0.1, 0.15) is 42.0 Å². The molecular formula is C18H21Cl2O3P. The lowest BCUT2D eigenvalue weighted by Gasteiger charge is -2.14. The first-order valence-electron chi connectivity index (χ1n) is 7.64. The first-order chi connectivity index (χ1) is 11.1. The topological polar surface area (TPSA) is 57.5 Å². The second-order valence-electron chi connectivity index (χ2n) is 6.47. The molecule has 1 atom stereocenters. The number of halogens is 2. The van der Waals surface area contributed by atoms with Gasteiger partial charge in [0.05, 0.1) is 0 Å². The Hall–Kier alpha value is -0.990. The lowest BCUT2D eigenvalue weighted by atomic mass is 9.96. The van der Waals surface area contributed by atoms with Crippen molar-refractivity contribution in [3.63, 3.8) is 0 Å². The summed E-state index contributed by atoms with van der Waals surface area (Å²) in [7, 11) is -3.18. The van der Waals surface area contributed by atoms with Crippen molar-refractivity contribution in [3.05, 3.63) is 62.6 Å². The summed E-state index contributed by atoms with van der Waals surface area (Å²) in [5, 5.41) is 10.9. The Morgan fingerprint density at radius 1 is 1.08 bits per heavy atom. The zero-order chi connectivity index (χ0) is 18.1. The fourth-order valence-electron chi connectivity index (χ4n) is 2.63. The molecule has 0 saturated heterocycles. The van der Waals surface area contributed by atoms with Crippen LogP contribution in [0.5, 0.6) is 5.75 Å². The van der Waals surface area contributed by atoms with Crippen LogP contribution in [-0.4, -0.2) is 16.7 Å². The van der Waals surface area contributed by atoms with Crippen molar-refractivity contribution in [1.82, 2.24) is 0 Å². The van der Waals surface area contributed by atoms with E-state index in [0.29, 0.717) is 22.0 Å². The Morgan fingerprint density at radius 2 is 1.67 bits per heavy atom. The van der Waals surface area contributed by atoms with Gasteiger partial charge in [0.25, 0.3) is 0 Å². The molecule has 1 unspecified atom stereocenters. The molecule has 6 heteroatoms. The van der Waals surface area contributed by atoms with E-state index in [1.807, 2.05) is 26.0 Å². The summed E-state index contributed by atoms with van der Waals surface area (Å²) in [5.74, 6) is 0.490. The third kappa shape index (κ3) is 5.00. The Kier molecular flexibility index (Phi) is 6.04. The number of rotatable bonds is 5. The smallest absolute Gasteiger partial charge is 0.201 e. The zero-order valence-electron chi connectivity index (χ0n) is 13.9. The standard InChI is InChI=1S/C18H21Cl2O3P/c1-11(2)14-6-12(4-5-18(14)21)7-15-16(19)8-13(9-17(15)20)10-24(3,22)23/h4-6,8-9,11,21H,7,10H2,1-3H3,(H,22,23). The first-order valence-corrected chi connectivity index (χ1v) is 10.7. The lowest BCUT2D eigenvalue weighted by molar-refractivity contribution is 0.464. The number of aromatic hydroxyl groups is 1. The number of phenols is 1. The van der Waals surface area contributed by atoms with E-state index in [9.17, 15) is 14.6 Å². The molecule has 2 rings (SSSR count). The number of phenolic OH excluding ortho intramolecular Hbond substituents is 1. The SMILES string of the molecule is CC(C)c1cc(Cc2c(Cl)cc(CP(C)(=O)O)cc2Cl)ccc1O. The minimum atomic E-state index is -3.18. The molecule has 2 N–H and O–H groups in total. The van der Waals surface area contributed by atoms with Gasteiger partial charge in [-0.3, -0.25) is 4.57 Å². The minimum absolute atomic E-state index is 0.0451. The van der Waals surface area contributed by atoms with E-state index < -0.39 is 7.37 Å². The van der Waals surface area contributed by atoms with Gasteiger partial charge in [0.2, 0.25) is 7.37 Å². The highest BCUT2D eigenvalue weighted by Gasteiger charge is 2.16. The van der Waals surface area contributed by atoms with Crippen LogP contribution in [0.3, 0.4) is 0 Å². The van der Waals surface area contributed by atoms with Crippen LogP contribution in [0.2, 0.25) is 10.0 Å². The average Bonchev–Trinajstić information content (AvgIpc) is 2.42. The van der Waals surface area contributed by atoms with E-state index in [4.69, 9.17) is 23.2 Å².